The van der Waals surface area contributed by atoms with Crippen molar-refractivity contribution < 1.29 is 14.2 Å². The van der Waals surface area contributed by atoms with Crippen LogP contribution in [0.3, 0.4) is 0 Å². The standard InChI is InChI=1S/C14H20ClNO3/c1-17-13-8-11(15)12(9-14(13)18-2)16-10-4-3-6-19-7-5-10/h8-10,16H,3-7H2,1-2H3. The fourth-order valence-corrected chi connectivity index (χ4v) is 2.44. The normalized spacial score (nSPS) is 19.6. The summed E-state index contributed by atoms with van der Waals surface area (Å²) in [4.78, 5) is 0. The van der Waals surface area contributed by atoms with Gasteiger partial charge in [0.15, 0.2) is 11.5 Å². The van der Waals surface area contributed by atoms with Crippen molar-refractivity contribution in [1.82, 2.24) is 0 Å². The quantitative estimate of drug-likeness (QED) is 0.921. The molecule has 4 nitrogen and oxygen atoms in total. The van der Waals surface area contributed by atoms with E-state index in [1.807, 2.05) is 6.07 Å². The third kappa shape index (κ3) is 3.67. The van der Waals surface area contributed by atoms with Crippen LogP contribution in [0.25, 0.3) is 0 Å². The predicted molar refractivity (Wildman–Crippen MR) is 76.6 cm³/mol. The Kier molecular flexibility index (Phi) is 5.16. The molecular weight excluding hydrogens is 266 g/mol. The van der Waals surface area contributed by atoms with Gasteiger partial charge in [0, 0.05) is 31.4 Å². The zero-order valence-corrected chi connectivity index (χ0v) is 12.1. The molecule has 1 heterocycles. The number of benzene rings is 1. The van der Waals surface area contributed by atoms with Gasteiger partial charge in [-0.05, 0) is 19.3 Å². The van der Waals surface area contributed by atoms with Crippen LogP contribution in [0, 0.1) is 0 Å². The Morgan fingerprint density at radius 3 is 2.63 bits per heavy atom. The van der Waals surface area contributed by atoms with Crippen LogP contribution in [0.2, 0.25) is 5.02 Å². The lowest BCUT2D eigenvalue weighted by molar-refractivity contribution is 0.144. The Morgan fingerprint density at radius 1 is 1.16 bits per heavy atom. The summed E-state index contributed by atoms with van der Waals surface area (Å²) in [7, 11) is 3.22. The molecule has 0 radical (unpaired) electrons. The zero-order valence-electron chi connectivity index (χ0n) is 11.4. The minimum atomic E-state index is 0.387. The number of anilines is 1. The maximum absolute atomic E-state index is 6.27. The smallest absolute Gasteiger partial charge is 0.162 e. The minimum Gasteiger partial charge on any atom is -0.493 e. The molecule has 0 aliphatic carbocycles. The zero-order chi connectivity index (χ0) is 13.7. The van der Waals surface area contributed by atoms with Crippen molar-refractivity contribution >= 4 is 17.3 Å². The summed E-state index contributed by atoms with van der Waals surface area (Å²) in [6, 6.07) is 4.04. The van der Waals surface area contributed by atoms with Gasteiger partial charge in [-0.1, -0.05) is 11.6 Å². The van der Waals surface area contributed by atoms with Crippen LogP contribution in [-0.4, -0.2) is 33.5 Å². The molecule has 1 aliphatic rings. The SMILES string of the molecule is COc1cc(Cl)c(NC2CCCOCC2)cc1OC. The molecule has 19 heavy (non-hydrogen) atoms. The van der Waals surface area contributed by atoms with Crippen molar-refractivity contribution in [2.45, 2.75) is 25.3 Å². The molecule has 1 aromatic carbocycles. The summed E-state index contributed by atoms with van der Waals surface area (Å²) in [6.45, 7) is 1.64. The summed E-state index contributed by atoms with van der Waals surface area (Å²) in [5.41, 5.74) is 0.881. The summed E-state index contributed by atoms with van der Waals surface area (Å²) >= 11 is 6.27. The highest BCUT2D eigenvalue weighted by Crippen LogP contribution is 2.36. The molecule has 1 N–H and O–H groups in total. The van der Waals surface area contributed by atoms with Crippen molar-refractivity contribution in [1.29, 1.82) is 0 Å². The van der Waals surface area contributed by atoms with E-state index in [2.05, 4.69) is 5.32 Å². The first kappa shape index (κ1) is 14.3. The van der Waals surface area contributed by atoms with Crippen LogP contribution in [0.5, 0.6) is 11.5 Å². The van der Waals surface area contributed by atoms with E-state index in [1.165, 1.54) is 0 Å². The van der Waals surface area contributed by atoms with Crippen molar-refractivity contribution in [2.75, 3.05) is 32.8 Å². The lowest BCUT2D eigenvalue weighted by Gasteiger charge is -2.19. The Hall–Kier alpha value is -1.13. The molecule has 1 fully saturated rings. The van der Waals surface area contributed by atoms with E-state index < -0.39 is 0 Å². The second-order valence-electron chi connectivity index (χ2n) is 4.57. The van der Waals surface area contributed by atoms with Gasteiger partial charge < -0.3 is 19.5 Å². The molecule has 0 aromatic heterocycles. The second-order valence-corrected chi connectivity index (χ2v) is 4.98. The van der Waals surface area contributed by atoms with E-state index in [0.29, 0.717) is 22.6 Å². The largest absolute Gasteiger partial charge is 0.493 e. The van der Waals surface area contributed by atoms with Crippen molar-refractivity contribution in [2.24, 2.45) is 0 Å². The molecule has 2 rings (SSSR count). The van der Waals surface area contributed by atoms with Gasteiger partial charge in [-0.15, -0.1) is 0 Å². The first-order valence-corrected chi connectivity index (χ1v) is 6.88. The molecule has 106 valence electrons. The first-order valence-electron chi connectivity index (χ1n) is 6.50. The third-order valence-electron chi connectivity index (χ3n) is 3.28. The van der Waals surface area contributed by atoms with Crippen LogP contribution >= 0.6 is 11.6 Å². The molecule has 1 unspecified atom stereocenters. The van der Waals surface area contributed by atoms with E-state index >= 15 is 0 Å². The van der Waals surface area contributed by atoms with Gasteiger partial charge >= 0.3 is 0 Å². The molecule has 1 aliphatic heterocycles. The number of rotatable bonds is 4. The fraction of sp³-hybridized carbons (Fsp3) is 0.571. The number of methoxy groups -OCH3 is 2. The highest BCUT2D eigenvalue weighted by Gasteiger charge is 2.15. The van der Waals surface area contributed by atoms with Crippen molar-refractivity contribution in [3.63, 3.8) is 0 Å². The number of halogens is 1. The molecular formula is C14H20ClNO3. The molecule has 0 bridgehead atoms. The van der Waals surface area contributed by atoms with Gasteiger partial charge in [0.2, 0.25) is 0 Å². The fourth-order valence-electron chi connectivity index (χ4n) is 2.23. The maximum Gasteiger partial charge on any atom is 0.162 e. The van der Waals surface area contributed by atoms with E-state index in [1.54, 1.807) is 20.3 Å². The van der Waals surface area contributed by atoms with Gasteiger partial charge in [0.25, 0.3) is 0 Å². The van der Waals surface area contributed by atoms with Crippen molar-refractivity contribution in [3.05, 3.63) is 17.2 Å². The predicted octanol–water partition coefficient (Wildman–Crippen LogP) is 3.34. The van der Waals surface area contributed by atoms with Gasteiger partial charge in [0.05, 0.1) is 24.9 Å². The van der Waals surface area contributed by atoms with Crippen LogP contribution in [0.1, 0.15) is 19.3 Å². The van der Waals surface area contributed by atoms with Crippen molar-refractivity contribution in [3.8, 4) is 11.5 Å². The molecule has 1 atom stereocenters. The Balaban J connectivity index is 2.14. The highest BCUT2D eigenvalue weighted by atomic mass is 35.5. The minimum absolute atomic E-state index is 0.387. The Bertz CT molecular complexity index is 417. The van der Waals surface area contributed by atoms with Gasteiger partial charge in [0.1, 0.15) is 0 Å². The number of hydrogen-bond acceptors (Lipinski definition) is 4. The molecule has 5 heteroatoms. The molecule has 1 saturated heterocycles. The van der Waals surface area contributed by atoms with E-state index in [9.17, 15) is 0 Å². The van der Waals surface area contributed by atoms with Gasteiger partial charge in [-0.25, -0.2) is 0 Å². The average Bonchev–Trinajstić information content (AvgIpc) is 2.69. The van der Waals surface area contributed by atoms with E-state index in [4.69, 9.17) is 25.8 Å². The monoisotopic (exact) mass is 285 g/mol. The average molecular weight is 286 g/mol. The van der Waals surface area contributed by atoms with Crippen LogP contribution in [-0.2, 0) is 4.74 Å². The first-order chi connectivity index (χ1) is 9.24. The van der Waals surface area contributed by atoms with Crippen LogP contribution in [0.15, 0.2) is 12.1 Å². The third-order valence-corrected chi connectivity index (χ3v) is 3.60. The van der Waals surface area contributed by atoms with Crippen LogP contribution in [0.4, 0.5) is 5.69 Å². The summed E-state index contributed by atoms with van der Waals surface area (Å²) in [5.74, 6) is 1.32. The van der Waals surface area contributed by atoms with Gasteiger partial charge in [-0.2, -0.15) is 0 Å². The lowest BCUT2D eigenvalue weighted by atomic mass is 10.1. The number of hydrogen-bond donors (Lipinski definition) is 1. The van der Waals surface area contributed by atoms with Crippen LogP contribution < -0.4 is 14.8 Å². The Labute approximate surface area is 119 Å². The summed E-state index contributed by atoms with van der Waals surface area (Å²) < 4.78 is 16.0. The molecule has 1 aromatic rings. The number of ether oxygens (including phenoxy) is 3. The summed E-state index contributed by atoms with van der Waals surface area (Å²) in [6.07, 6.45) is 3.15. The Morgan fingerprint density at radius 2 is 1.89 bits per heavy atom. The molecule has 0 amide bonds. The van der Waals surface area contributed by atoms with E-state index in [0.717, 1.165) is 38.2 Å². The topological polar surface area (TPSA) is 39.7 Å². The lowest BCUT2D eigenvalue weighted by Crippen LogP contribution is -2.19. The molecule has 0 saturated carbocycles. The van der Waals surface area contributed by atoms with E-state index in [-0.39, 0.29) is 0 Å². The van der Waals surface area contributed by atoms with Gasteiger partial charge in [-0.3, -0.25) is 0 Å². The highest BCUT2D eigenvalue weighted by molar-refractivity contribution is 6.33. The maximum atomic E-state index is 6.27. The second kappa shape index (κ2) is 6.87. The molecule has 0 spiro atoms. The summed E-state index contributed by atoms with van der Waals surface area (Å²) in [5, 5.41) is 4.11. The number of nitrogens with one attached hydrogen (secondary N) is 1.